The molecule has 8 heteroatoms. The zero-order valence-electron chi connectivity index (χ0n) is 16.0. The van der Waals surface area contributed by atoms with Crippen LogP contribution < -0.4 is 0 Å². The summed E-state index contributed by atoms with van der Waals surface area (Å²) in [6, 6.07) is 7.58. The molecule has 3 rings (SSSR count). The molecular formula is C20H22F3N3S2. The molecule has 0 spiro atoms. The molecule has 0 fully saturated rings. The molecule has 2 heterocycles. The second-order valence-electron chi connectivity index (χ2n) is 6.84. The van der Waals surface area contributed by atoms with Crippen LogP contribution in [0.15, 0.2) is 40.9 Å². The molecule has 150 valence electrons. The SMILES string of the molecule is CCCn1c(SCc2cccc(C(F)(F)F)c2)nnc1-c1csc(C(C)C)c1. The van der Waals surface area contributed by atoms with E-state index in [1.54, 1.807) is 17.4 Å². The van der Waals surface area contributed by atoms with Crippen LogP contribution in [-0.2, 0) is 18.5 Å². The molecule has 0 aliphatic rings. The molecule has 0 saturated carbocycles. The third-order valence-electron chi connectivity index (χ3n) is 4.23. The van der Waals surface area contributed by atoms with Crippen molar-refractivity contribution in [3.63, 3.8) is 0 Å². The van der Waals surface area contributed by atoms with Crippen LogP contribution in [-0.4, -0.2) is 14.8 Å². The average Bonchev–Trinajstić information content (AvgIpc) is 3.27. The van der Waals surface area contributed by atoms with Crippen LogP contribution in [0.2, 0.25) is 0 Å². The Kier molecular flexibility index (Phi) is 6.50. The summed E-state index contributed by atoms with van der Waals surface area (Å²) in [5.74, 6) is 1.68. The molecule has 0 saturated heterocycles. The predicted octanol–water partition coefficient (Wildman–Crippen LogP) is 6.85. The Morgan fingerprint density at radius 3 is 2.61 bits per heavy atom. The molecule has 0 aliphatic carbocycles. The zero-order valence-corrected chi connectivity index (χ0v) is 17.6. The third-order valence-corrected chi connectivity index (χ3v) is 6.50. The van der Waals surface area contributed by atoms with E-state index in [9.17, 15) is 13.2 Å². The van der Waals surface area contributed by atoms with Crippen molar-refractivity contribution in [1.82, 2.24) is 14.8 Å². The van der Waals surface area contributed by atoms with E-state index in [1.807, 2.05) is 0 Å². The molecule has 0 aliphatic heterocycles. The maximum atomic E-state index is 12.9. The van der Waals surface area contributed by atoms with E-state index in [0.29, 0.717) is 17.2 Å². The van der Waals surface area contributed by atoms with Crippen molar-refractivity contribution in [2.45, 2.75) is 56.7 Å². The van der Waals surface area contributed by atoms with E-state index >= 15 is 0 Å². The summed E-state index contributed by atoms with van der Waals surface area (Å²) in [7, 11) is 0. The van der Waals surface area contributed by atoms with Gasteiger partial charge in [0.05, 0.1) is 5.56 Å². The van der Waals surface area contributed by atoms with Gasteiger partial charge in [-0.1, -0.05) is 50.7 Å². The topological polar surface area (TPSA) is 30.7 Å². The number of nitrogens with zero attached hydrogens (tertiary/aromatic N) is 3. The first-order chi connectivity index (χ1) is 13.3. The van der Waals surface area contributed by atoms with Gasteiger partial charge < -0.3 is 4.57 Å². The Hall–Kier alpha value is -1.80. The number of benzene rings is 1. The maximum absolute atomic E-state index is 12.9. The number of rotatable bonds is 7. The van der Waals surface area contributed by atoms with Crippen molar-refractivity contribution in [2.75, 3.05) is 0 Å². The van der Waals surface area contributed by atoms with Crippen LogP contribution in [0.25, 0.3) is 11.4 Å². The van der Waals surface area contributed by atoms with E-state index in [-0.39, 0.29) is 0 Å². The highest BCUT2D eigenvalue weighted by Gasteiger charge is 2.30. The summed E-state index contributed by atoms with van der Waals surface area (Å²) >= 11 is 3.12. The van der Waals surface area contributed by atoms with Crippen LogP contribution in [0.3, 0.4) is 0 Å². The Balaban J connectivity index is 1.82. The molecule has 0 amide bonds. The van der Waals surface area contributed by atoms with Crippen LogP contribution in [0.5, 0.6) is 0 Å². The number of thiophene rings is 1. The van der Waals surface area contributed by atoms with E-state index < -0.39 is 11.7 Å². The van der Waals surface area contributed by atoms with Crippen molar-refractivity contribution < 1.29 is 13.2 Å². The number of aromatic nitrogens is 3. The molecule has 28 heavy (non-hydrogen) atoms. The van der Waals surface area contributed by atoms with Crippen molar-refractivity contribution in [3.8, 4) is 11.4 Å². The first-order valence-corrected chi connectivity index (χ1v) is 11.0. The summed E-state index contributed by atoms with van der Waals surface area (Å²) in [5, 5.41) is 11.5. The molecule has 3 aromatic rings. The van der Waals surface area contributed by atoms with Gasteiger partial charge >= 0.3 is 6.18 Å². The lowest BCUT2D eigenvalue weighted by Crippen LogP contribution is -2.05. The summed E-state index contributed by atoms with van der Waals surface area (Å²) in [5.41, 5.74) is 1.03. The van der Waals surface area contributed by atoms with Gasteiger partial charge in [0.1, 0.15) is 0 Å². The molecule has 0 N–H and O–H groups in total. The number of alkyl halides is 3. The van der Waals surface area contributed by atoms with Gasteiger partial charge in [0.25, 0.3) is 0 Å². The van der Waals surface area contributed by atoms with E-state index in [4.69, 9.17) is 0 Å². The van der Waals surface area contributed by atoms with Crippen LogP contribution in [0, 0.1) is 0 Å². The number of halogens is 3. The highest BCUT2D eigenvalue weighted by Crippen LogP contribution is 2.33. The first-order valence-electron chi connectivity index (χ1n) is 9.10. The van der Waals surface area contributed by atoms with E-state index in [2.05, 4.69) is 47.0 Å². The fourth-order valence-electron chi connectivity index (χ4n) is 2.79. The first kappa shape index (κ1) is 20.9. The molecule has 0 unspecified atom stereocenters. The Labute approximate surface area is 171 Å². The van der Waals surface area contributed by atoms with Gasteiger partial charge in [-0.25, -0.2) is 0 Å². The van der Waals surface area contributed by atoms with Gasteiger partial charge in [0, 0.05) is 28.1 Å². The lowest BCUT2D eigenvalue weighted by atomic mass is 10.1. The smallest absolute Gasteiger partial charge is 0.302 e. The van der Waals surface area contributed by atoms with Crippen molar-refractivity contribution in [3.05, 3.63) is 51.7 Å². The van der Waals surface area contributed by atoms with Crippen molar-refractivity contribution in [1.29, 1.82) is 0 Å². The molecule has 1 aromatic carbocycles. The molecular weight excluding hydrogens is 403 g/mol. The zero-order chi connectivity index (χ0) is 20.3. The van der Waals surface area contributed by atoms with Gasteiger partial charge in [-0.15, -0.1) is 21.5 Å². The largest absolute Gasteiger partial charge is 0.416 e. The minimum absolute atomic E-state index is 0.409. The monoisotopic (exact) mass is 425 g/mol. The van der Waals surface area contributed by atoms with Gasteiger partial charge in [-0.2, -0.15) is 13.2 Å². The van der Waals surface area contributed by atoms with E-state index in [0.717, 1.165) is 35.6 Å². The van der Waals surface area contributed by atoms with Crippen LogP contribution >= 0.6 is 23.1 Å². The number of hydrogen-bond acceptors (Lipinski definition) is 4. The van der Waals surface area contributed by atoms with Crippen LogP contribution in [0.4, 0.5) is 13.2 Å². The van der Waals surface area contributed by atoms with E-state index in [1.165, 1.54) is 28.8 Å². The molecule has 0 atom stereocenters. The van der Waals surface area contributed by atoms with Crippen LogP contribution in [0.1, 0.15) is 49.1 Å². The number of thioether (sulfide) groups is 1. The molecule has 2 aromatic heterocycles. The Bertz CT molecular complexity index is 929. The van der Waals surface area contributed by atoms with Crippen molar-refractivity contribution in [2.24, 2.45) is 0 Å². The molecule has 3 nitrogen and oxygen atoms in total. The minimum atomic E-state index is -4.33. The Morgan fingerprint density at radius 2 is 1.96 bits per heavy atom. The highest BCUT2D eigenvalue weighted by atomic mass is 32.2. The van der Waals surface area contributed by atoms with Gasteiger partial charge in [-0.3, -0.25) is 0 Å². The predicted molar refractivity (Wildman–Crippen MR) is 109 cm³/mol. The van der Waals surface area contributed by atoms with Gasteiger partial charge in [0.15, 0.2) is 11.0 Å². The lowest BCUT2D eigenvalue weighted by Gasteiger charge is -2.10. The quantitative estimate of drug-likeness (QED) is 0.388. The molecule has 0 bridgehead atoms. The summed E-state index contributed by atoms with van der Waals surface area (Å²) < 4.78 is 40.8. The minimum Gasteiger partial charge on any atom is -0.302 e. The highest BCUT2D eigenvalue weighted by molar-refractivity contribution is 7.98. The average molecular weight is 426 g/mol. The fraction of sp³-hybridized carbons (Fsp3) is 0.400. The fourth-order valence-corrected chi connectivity index (χ4v) is 4.60. The van der Waals surface area contributed by atoms with Gasteiger partial charge in [0.2, 0.25) is 0 Å². The number of hydrogen-bond donors (Lipinski definition) is 0. The van der Waals surface area contributed by atoms with Gasteiger partial charge in [-0.05, 0) is 30.0 Å². The lowest BCUT2D eigenvalue weighted by molar-refractivity contribution is -0.137. The maximum Gasteiger partial charge on any atom is 0.416 e. The van der Waals surface area contributed by atoms with Crippen molar-refractivity contribution >= 4 is 23.1 Å². The summed E-state index contributed by atoms with van der Waals surface area (Å²) in [6.45, 7) is 7.16. The third kappa shape index (κ3) is 4.78. The summed E-state index contributed by atoms with van der Waals surface area (Å²) in [6.07, 6.45) is -3.41. The molecule has 0 radical (unpaired) electrons. The standard InChI is InChI=1S/C20H22F3N3S2/c1-4-8-26-18(15-10-17(13(2)3)27-12-15)24-25-19(26)28-11-14-6-5-7-16(9-14)20(21,22)23/h5-7,9-10,12-13H,4,8,11H2,1-3H3. The second-order valence-corrected chi connectivity index (χ2v) is 8.72. The Morgan fingerprint density at radius 1 is 1.18 bits per heavy atom. The normalized spacial score (nSPS) is 12.1. The second kappa shape index (κ2) is 8.69. The summed E-state index contributed by atoms with van der Waals surface area (Å²) in [4.78, 5) is 1.29.